The number of amides is 2. The number of benzene rings is 1. The van der Waals surface area contributed by atoms with E-state index in [1.165, 1.54) is 4.88 Å². The fraction of sp³-hybridized carbons (Fsp3) is 0.235. The number of nitrogens with zero attached hydrogens (tertiary/aromatic N) is 1. The van der Waals surface area contributed by atoms with Gasteiger partial charge in [-0.25, -0.2) is 5.43 Å². The van der Waals surface area contributed by atoms with Gasteiger partial charge in [0.05, 0.1) is 6.21 Å². The molecule has 2 N–H and O–H groups in total. The summed E-state index contributed by atoms with van der Waals surface area (Å²) in [6.45, 7) is 2.02. The van der Waals surface area contributed by atoms with Crippen molar-refractivity contribution < 1.29 is 9.59 Å². The molecule has 1 aromatic heterocycles. The minimum absolute atomic E-state index is 0.0537. The van der Waals surface area contributed by atoms with Crippen LogP contribution >= 0.6 is 11.3 Å². The van der Waals surface area contributed by atoms with Crippen LogP contribution in [-0.2, 0) is 4.79 Å². The van der Waals surface area contributed by atoms with Crippen molar-refractivity contribution in [3.8, 4) is 0 Å². The van der Waals surface area contributed by atoms with E-state index >= 15 is 0 Å². The molecule has 0 spiro atoms. The number of hydrogen-bond donors (Lipinski definition) is 2. The van der Waals surface area contributed by atoms with E-state index < -0.39 is 0 Å². The van der Waals surface area contributed by atoms with Crippen molar-refractivity contribution in [1.29, 1.82) is 0 Å². The van der Waals surface area contributed by atoms with E-state index in [1.807, 2.05) is 19.1 Å². The standard InChI is InChI=1S/C17H17N3O2S/c1-11-2-9-15(23-11)10-18-20-17(22)13-5-7-14(8-6-13)19-16(21)12-3-4-12/h2,5-10,12H,3-4H2,1H3,(H,19,21)(H,20,22). The van der Waals surface area contributed by atoms with Crippen LogP contribution in [0.3, 0.4) is 0 Å². The summed E-state index contributed by atoms with van der Waals surface area (Å²) in [7, 11) is 0. The second-order valence-electron chi connectivity index (χ2n) is 5.49. The van der Waals surface area contributed by atoms with Crippen LogP contribution in [0.25, 0.3) is 0 Å². The molecule has 0 atom stereocenters. The number of anilines is 1. The number of carbonyl (C=O) groups excluding carboxylic acids is 2. The minimum atomic E-state index is -0.283. The summed E-state index contributed by atoms with van der Waals surface area (Å²) in [4.78, 5) is 25.8. The monoisotopic (exact) mass is 327 g/mol. The van der Waals surface area contributed by atoms with Gasteiger partial charge in [-0.05, 0) is 56.2 Å². The Hall–Kier alpha value is -2.47. The lowest BCUT2D eigenvalue weighted by Crippen LogP contribution is -2.18. The average molecular weight is 327 g/mol. The Kier molecular flexibility index (Phi) is 4.52. The zero-order valence-electron chi connectivity index (χ0n) is 12.7. The van der Waals surface area contributed by atoms with Gasteiger partial charge in [-0.15, -0.1) is 11.3 Å². The molecule has 2 amide bonds. The van der Waals surface area contributed by atoms with Crippen LogP contribution in [0, 0.1) is 12.8 Å². The van der Waals surface area contributed by atoms with Crippen LogP contribution in [0.1, 0.15) is 33.0 Å². The van der Waals surface area contributed by atoms with Crippen molar-refractivity contribution >= 4 is 35.1 Å². The first-order valence-electron chi connectivity index (χ1n) is 7.42. The van der Waals surface area contributed by atoms with Gasteiger partial charge >= 0.3 is 0 Å². The topological polar surface area (TPSA) is 70.6 Å². The van der Waals surface area contributed by atoms with Gasteiger partial charge in [0.15, 0.2) is 0 Å². The van der Waals surface area contributed by atoms with Gasteiger partial charge in [0.1, 0.15) is 0 Å². The molecule has 5 nitrogen and oxygen atoms in total. The molecule has 1 aliphatic rings. The van der Waals surface area contributed by atoms with Crippen molar-refractivity contribution in [3.63, 3.8) is 0 Å². The highest BCUT2D eigenvalue weighted by Gasteiger charge is 2.29. The third-order valence-electron chi connectivity index (χ3n) is 3.48. The number of hydrazone groups is 1. The summed E-state index contributed by atoms with van der Waals surface area (Å²) in [6, 6.07) is 10.7. The molecular formula is C17H17N3O2S. The number of hydrogen-bond acceptors (Lipinski definition) is 4. The molecule has 0 bridgehead atoms. The SMILES string of the molecule is Cc1ccc(C=NNC(=O)c2ccc(NC(=O)C3CC3)cc2)s1. The van der Waals surface area contributed by atoms with Gasteiger partial charge in [-0.2, -0.15) is 5.10 Å². The summed E-state index contributed by atoms with van der Waals surface area (Å²) in [5.74, 6) is -0.0687. The van der Waals surface area contributed by atoms with E-state index in [-0.39, 0.29) is 17.7 Å². The molecule has 0 saturated heterocycles. The predicted octanol–water partition coefficient (Wildman–Crippen LogP) is 3.17. The Morgan fingerprint density at radius 3 is 2.52 bits per heavy atom. The van der Waals surface area contributed by atoms with Crippen molar-refractivity contribution in [2.24, 2.45) is 11.0 Å². The Labute approximate surface area is 138 Å². The molecule has 0 radical (unpaired) electrons. The first kappa shape index (κ1) is 15.4. The summed E-state index contributed by atoms with van der Waals surface area (Å²) < 4.78 is 0. The fourth-order valence-corrected chi connectivity index (χ4v) is 2.79. The van der Waals surface area contributed by atoms with Crippen LogP contribution in [0.2, 0.25) is 0 Å². The number of aryl methyl sites for hydroxylation is 1. The van der Waals surface area contributed by atoms with E-state index in [4.69, 9.17) is 0 Å². The van der Waals surface area contributed by atoms with E-state index in [0.29, 0.717) is 11.3 Å². The third kappa shape index (κ3) is 4.26. The molecule has 0 unspecified atom stereocenters. The van der Waals surface area contributed by atoms with Gasteiger partial charge in [-0.1, -0.05) is 0 Å². The first-order chi connectivity index (χ1) is 11.1. The fourth-order valence-electron chi connectivity index (χ4n) is 2.04. The number of rotatable bonds is 5. The van der Waals surface area contributed by atoms with Gasteiger partial charge in [0.2, 0.25) is 5.91 Å². The summed E-state index contributed by atoms with van der Waals surface area (Å²) >= 11 is 1.61. The highest BCUT2D eigenvalue weighted by atomic mass is 32.1. The molecule has 2 aromatic rings. The number of thiophene rings is 1. The lowest BCUT2D eigenvalue weighted by Gasteiger charge is -2.05. The summed E-state index contributed by atoms with van der Waals surface area (Å²) in [5.41, 5.74) is 3.69. The molecule has 6 heteroatoms. The lowest BCUT2D eigenvalue weighted by atomic mass is 10.2. The van der Waals surface area contributed by atoms with Gasteiger partial charge in [0, 0.05) is 26.9 Å². The second-order valence-corrected chi connectivity index (χ2v) is 6.81. The zero-order chi connectivity index (χ0) is 16.2. The smallest absolute Gasteiger partial charge is 0.271 e. The van der Waals surface area contributed by atoms with Gasteiger partial charge < -0.3 is 5.32 Å². The number of nitrogens with one attached hydrogen (secondary N) is 2. The molecule has 23 heavy (non-hydrogen) atoms. The maximum atomic E-state index is 12.0. The molecule has 1 aliphatic carbocycles. The van der Waals surface area contributed by atoms with Crippen molar-refractivity contribution in [3.05, 3.63) is 51.7 Å². The Balaban J connectivity index is 1.54. The van der Waals surface area contributed by atoms with E-state index in [1.54, 1.807) is 41.8 Å². The highest BCUT2D eigenvalue weighted by molar-refractivity contribution is 7.13. The van der Waals surface area contributed by atoms with Crippen molar-refractivity contribution in [2.45, 2.75) is 19.8 Å². The summed E-state index contributed by atoms with van der Waals surface area (Å²) in [5, 5.41) is 6.79. The minimum Gasteiger partial charge on any atom is -0.326 e. The van der Waals surface area contributed by atoms with Crippen LogP contribution < -0.4 is 10.7 Å². The molecule has 118 valence electrons. The van der Waals surface area contributed by atoms with Gasteiger partial charge in [-0.3, -0.25) is 9.59 Å². The lowest BCUT2D eigenvalue weighted by molar-refractivity contribution is -0.117. The van der Waals surface area contributed by atoms with E-state index in [2.05, 4.69) is 15.8 Å². The van der Waals surface area contributed by atoms with E-state index in [9.17, 15) is 9.59 Å². The molecule has 1 fully saturated rings. The molecule has 1 saturated carbocycles. The highest BCUT2D eigenvalue weighted by Crippen LogP contribution is 2.30. The van der Waals surface area contributed by atoms with Crippen molar-refractivity contribution in [1.82, 2.24) is 5.43 Å². The largest absolute Gasteiger partial charge is 0.326 e. The molecule has 0 aliphatic heterocycles. The first-order valence-corrected chi connectivity index (χ1v) is 8.24. The predicted molar refractivity (Wildman–Crippen MR) is 91.9 cm³/mol. The molecule has 1 heterocycles. The van der Waals surface area contributed by atoms with E-state index in [0.717, 1.165) is 17.7 Å². The molecule has 1 aromatic carbocycles. The van der Waals surface area contributed by atoms with Crippen LogP contribution in [0.15, 0.2) is 41.5 Å². The van der Waals surface area contributed by atoms with Crippen LogP contribution in [0.4, 0.5) is 5.69 Å². The maximum Gasteiger partial charge on any atom is 0.271 e. The molecular weight excluding hydrogens is 310 g/mol. The maximum absolute atomic E-state index is 12.0. The zero-order valence-corrected chi connectivity index (χ0v) is 13.5. The van der Waals surface area contributed by atoms with Crippen molar-refractivity contribution in [2.75, 3.05) is 5.32 Å². The van der Waals surface area contributed by atoms with Crippen LogP contribution in [-0.4, -0.2) is 18.0 Å². The average Bonchev–Trinajstić information content (AvgIpc) is 3.31. The Morgan fingerprint density at radius 1 is 1.17 bits per heavy atom. The normalized spacial score (nSPS) is 14.0. The van der Waals surface area contributed by atoms with Gasteiger partial charge in [0.25, 0.3) is 5.91 Å². The number of carbonyl (C=O) groups is 2. The molecule has 3 rings (SSSR count). The second kappa shape index (κ2) is 6.75. The summed E-state index contributed by atoms with van der Waals surface area (Å²) in [6.07, 6.45) is 3.56. The van der Waals surface area contributed by atoms with Crippen LogP contribution in [0.5, 0.6) is 0 Å². The Morgan fingerprint density at radius 2 is 1.91 bits per heavy atom. The Bertz CT molecular complexity index is 745. The third-order valence-corrected chi connectivity index (χ3v) is 4.42. The quantitative estimate of drug-likeness (QED) is 0.654.